The number of nitrogens with zero attached hydrogens (tertiary/aromatic N) is 5. The van der Waals surface area contributed by atoms with E-state index in [0.717, 1.165) is 11.7 Å². The van der Waals surface area contributed by atoms with Gasteiger partial charge in [0.05, 0.1) is 17.8 Å². The van der Waals surface area contributed by atoms with Crippen LogP contribution in [0.5, 0.6) is 5.75 Å². The van der Waals surface area contributed by atoms with Gasteiger partial charge in [0.1, 0.15) is 11.6 Å². The molecule has 0 N–H and O–H groups in total. The fourth-order valence-electron chi connectivity index (χ4n) is 3.47. The highest BCUT2D eigenvalue weighted by Crippen LogP contribution is 2.33. The van der Waals surface area contributed by atoms with E-state index in [9.17, 15) is 9.18 Å². The van der Waals surface area contributed by atoms with E-state index >= 15 is 0 Å². The lowest BCUT2D eigenvalue weighted by molar-refractivity contribution is -0.115. The van der Waals surface area contributed by atoms with Crippen LogP contribution in [0, 0.1) is 5.82 Å². The van der Waals surface area contributed by atoms with Gasteiger partial charge in [-0.3, -0.25) is 9.69 Å². The highest BCUT2D eigenvalue weighted by atomic mass is 35.5. The minimum absolute atomic E-state index is 0.239. The van der Waals surface area contributed by atoms with E-state index in [2.05, 4.69) is 10.1 Å². The number of rotatable bonds is 5. The molecule has 2 aromatic heterocycles. The van der Waals surface area contributed by atoms with Gasteiger partial charge in [-0.2, -0.15) is 5.10 Å². The maximum Gasteiger partial charge on any atom is 0.181 e. The van der Waals surface area contributed by atoms with Crippen molar-refractivity contribution in [2.24, 2.45) is 0 Å². The lowest BCUT2D eigenvalue weighted by Gasteiger charge is -2.38. The molecule has 146 valence electrons. The summed E-state index contributed by atoms with van der Waals surface area (Å²) in [6.45, 7) is 2.28. The fourth-order valence-corrected chi connectivity index (χ4v) is 3.70. The predicted molar refractivity (Wildman–Crippen MR) is 104 cm³/mol. The number of aromatic nitrogens is 3. The molecular formula is C19H19ClFN5O2. The SMILES string of the molecule is COc1cc(N2CCN(C(C=O)n3cc4cccnc4n3)CC2)c(F)cc1Cl. The summed E-state index contributed by atoms with van der Waals surface area (Å²) in [6.07, 6.45) is 3.83. The Bertz CT molecular complexity index is 970. The van der Waals surface area contributed by atoms with E-state index in [0.29, 0.717) is 43.3 Å². The van der Waals surface area contributed by atoms with Crippen LogP contribution < -0.4 is 9.64 Å². The molecule has 1 aromatic carbocycles. The standard InChI is InChI=1S/C19H19ClFN5O2/c1-28-17-10-16(15(21)9-14(17)20)24-5-7-25(8-6-24)18(12-27)26-11-13-3-2-4-22-19(13)23-26/h2-4,9-12,18H,5-8H2,1H3. The molecule has 7 nitrogen and oxygen atoms in total. The molecule has 4 rings (SSSR count). The Hall–Kier alpha value is -2.71. The zero-order valence-corrected chi connectivity index (χ0v) is 16.0. The van der Waals surface area contributed by atoms with Crippen molar-refractivity contribution >= 4 is 34.6 Å². The second-order valence-electron chi connectivity index (χ2n) is 6.54. The van der Waals surface area contributed by atoms with Gasteiger partial charge in [0.15, 0.2) is 18.1 Å². The van der Waals surface area contributed by atoms with Crippen LogP contribution >= 0.6 is 11.6 Å². The Balaban J connectivity index is 1.51. The van der Waals surface area contributed by atoms with Crippen LogP contribution in [0.25, 0.3) is 11.0 Å². The fraction of sp³-hybridized carbons (Fsp3) is 0.316. The van der Waals surface area contributed by atoms with Crippen molar-refractivity contribution in [1.29, 1.82) is 0 Å². The first-order valence-electron chi connectivity index (χ1n) is 8.88. The number of ether oxygens (including phenoxy) is 1. The quantitative estimate of drug-likeness (QED) is 0.610. The number of pyridine rings is 1. The predicted octanol–water partition coefficient (Wildman–Crippen LogP) is 2.75. The van der Waals surface area contributed by atoms with Crippen molar-refractivity contribution < 1.29 is 13.9 Å². The first-order chi connectivity index (χ1) is 13.6. The normalized spacial score (nSPS) is 16.3. The van der Waals surface area contributed by atoms with Crippen molar-refractivity contribution in [3.8, 4) is 5.75 Å². The second-order valence-corrected chi connectivity index (χ2v) is 6.94. The number of hydrogen-bond acceptors (Lipinski definition) is 6. The highest BCUT2D eigenvalue weighted by Gasteiger charge is 2.27. The van der Waals surface area contributed by atoms with Gasteiger partial charge in [0.2, 0.25) is 0 Å². The minimum atomic E-state index is -0.527. The Labute approximate surface area is 166 Å². The number of hydrogen-bond donors (Lipinski definition) is 0. The molecule has 1 unspecified atom stereocenters. The van der Waals surface area contributed by atoms with Gasteiger partial charge in [-0.15, -0.1) is 0 Å². The highest BCUT2D eigenvalue weighted by molar-refractivity contribution is 6.32. The number of methoxy groups -OCH3 is 1. The molecule has 0 saturated carbocycles. The Kier molecular flexibility index (Phi) is 5.15. The summed E-state index contributed by atoms with van der Waals surface area (Å²) in [7, 11) is 1.50. The molecule has 0 radical (unpaired) electrons. The third kappa shape index (κ3) is 3.41. The summed E-state index contributed by atoms with van der Waals surface area (Å²) in [6, 6.07) is 6.61. The largest absolute Gasteiger partial charge is 0.495 e. The van der Waals surface area contributed by atoms with Gasteiger partial charge in [-0.05, 0) is 18.2 Å². The molecule has 0 spiro atoms. The van der Waals surface area contributed by atoms with Gasteiger partial charge >= 0.3 is 0 Å². The van der Waals surface area contributed by atoms with Gasteiger partial charge in [0, 0.05) is 50.0 Å². The van der Waals surface area contributed by atoms with Crippen LogP contribution in [0.3, 0.4) is 0 Å². The van der Waals surface area contributed by atoms with E-state index in [1.54, 1.807) is 16.9 Å². The van der Waals surface area contributed by atoms with E-state index in [1.165, 1.54) is 13.2 Å². The molecule has 1 atom stereocenters. The van der Waals surface area contributed by atoms with Crippen LogP contribution in [-0.4, -0.2) is 59.2 Å². The monoisotopic (exact) mass is 403 g/mol. The van der Waals surface area contributed by atoms with Crippen molar-refractivity contribution in [1.82, 2.24) is 19.7 Å². The molecule has 28 heavy (non-hydrogen) atoms. The number of carbonyl (C=O) groups excluding carboxylic acids is 1. The third-order valence-electron chi connectivity index (χ3n) is 4.94. The summed E-state index contributed by atoms with van der Waals surface area (Å²) in [5.74, 6) is 0.0394. The number of fused-ring (bicyclic) bond motifs is 1. The number of piperazine rings is 1. The van der Waals surface area contributed by atoms with E-state index in [-0.39, 0.29) is 5.02 Å². The molecule has 1 fully saturated rings. The van der Waals surface area contributed by atoms with E-state index in [4.69, 9.17) is 16.3 Å². The number of carbonyl (C=O) groups is 1. The lowest BCUT2D eigenvalue weighted by Crippen LogP contribution is -2.49. The van der Waals surface area contributed by atoms with Gasteiger partial charge in [-0.1, -0.05) is 11.6 Å². The molecule has 0 amide bonds. The summed E-state index contributed by atoms with van der Waals surface area (Å²) in [5.41, 5.74) is 1.04. The van der Waals surface area contributed by atoms with Gasteiger partial charge < -0.3 is 9.64 Å². The van der Waals surface area contributed by atoms with Crippen molar-refractivity contribution in [2.75, 3.05) is 38.2 Å². The smallest absolute Gasteiger partial charge is 0.181 e. The molecule has 0 aliphatic carbocycles. The minimum Gasteiger partial charge on any atom is -0.495 e. The second kappa shape index (κ2) is 7.73. The molecule has 9 heteroatoms. The van der Waals surface area contributed by atoms with Crippen LogP contribution in [-0.2, 0) is 4.79 Å². The van der Waals surface area contributed by atoms with Crippen molar-refractivity contribution in [3.05, 3.63) is 47.5 Å². The first kappa shape index (κ1) is 18.6. The average molecular weight is 404 g/mol. The molecule has 0 bridgehead atoms. The maximum atomic E-state index is 14.4. The van der Waals surface area contributed by atoms with Crippen LogP contribution in [0.15, 0.2) is 36.7 Å². The van der Waals surface area contributed by atoms with Crippen molar-refractivity contribution in [2.45, 2.75) is 6.17 Å². The number of aldehydes is 1. The maximum absolute atomic E-state index is 14.4. The number of halogens is 2. The number of anilines is 1. The van der Waals surface area contributed by atoms with Crippen LogP contribution in [0.1, 0.15) is 6.17 Å². The summed E-state index contributed by atoms with van der Waals surface area (Å²) < 4.78 is 21.2. The molecule has 1 aliphatic rings. The third-order valence-corrected chi connectivity index (χ3v) is 5.24. The Morgan fingerprint density at radius 1 is 1.29 bits per heavy atom. The van der Waals surface area contributed by atoms with Crippen LogP contribution in [0.4, 0.5) is 10.1 Å². The number of benzene rings is 1. The zero-order chi connectivity index (χ0) is 19.7. The Morgan fingerprint density at radius 2 is 2.07 bits per heavy atom. The molecule has 3 heterocycles. The summed E-state index contributed by atoms with van der Waals surface area (Å²) >= 11 is 5.98. The van der Waals surface area contributed by atoms with E-state index in [1.807, 2.05) is 28.1 Å². The van der Waals surface area contributed by atoms with Crippen LogP contribution in [0.2, 0.25) is 5.02 Å². The van der Waals surface area contributed by atoms with Gasteiger partial charge in [0.25, 0.3) is 0 Å². The van der Waals surface area contributed by atoms with Crippen molar-refractivity contribution in [3.63, 3.8) is 0 Å². The molecule has 3 aromatic rings. The molecule has 1 aliphatic heterocycles. The summed E-state index contributed by atoms with van der Waals surface area (Å²) in [4.78, 5) is 19.9. The molecular weight excluding hydrogens is 385 g/mol. The van der Waals surface area contributed by atoms with Gasteiger partial charge in [-0.25, -0.2) is 14.1 Å². The van der Waals surface area contributed by atoms with E-state index < -0.39 is 12.0 Å². The lowest BCUT2D eigenvalue weighted by atomic mass is 10.2. The Morgan fingerprint density at radius 3 is 2.75 bits per heavy atom. The first-order valence-corrected chi connectivity index (χ1v) is 9.25. The summed E-state index contributed by atoms with van der Waals surface area (Å²) in [5, 5.41) is 5.53. The average Bonchev–Trinajstić information content (AvgIpc) is 3.13. The topological polar surface area (TPSA) is 63.5 Å². The molecule has 1 saturated heterocycles. The zero-order valence-electron chi connectivity index (χ0n) is 15.3.